The van der Waals surface area contributed by atoms with Gasteiger partial charge in [-0.1, -0.05) is 27.7 Å². The number of hydrogen-bond donors (Lipinski definition) is 1. The topological polar surface area (TPSA) is 49.4 Å². The van der Waals surface area contributed by atoms with Gasteiger partial charge in [0.2, 0.25) is 11.8 Å². The number of nitrogens with zero attached hydrogens (tertiary/aromatic N) is 1. The van der Waals surface area contributed by atoms with Crippen molar-refractivity contribution in [1.29, 1.82) is 0 Å². The van der Waals surface area contributed by atoms with Crippen LogP contribution in [-0.2, 0) is 9.59 Å². The molecule has 0 aromatic carbocycles. The summed E-state index contributed by atoms with van der Waals surface area (Å²) in [7, 11) is 0. The van der Waals surface area contributed by atoms with Gasteiger partial charge in [-0.15, -0.1) is 0 Å². The fraction of sp³-hybridized carbons (Fsp3) is 0.875. The van der Waals surface area contributed by atoms with Crippen LogP contribution in [0.2, 0.25) is 0 Å². The van der Waals surface area contributed by atoms with Crippen molar-refractivity contribution in [2.45, 2.75) is 83.8 Å². The van der Waals surface area contributed by atoms with E-state index >= 15 is 0 Å². The zero-order valence-corrected chi connectivity index (χ0v) is 13.2. The Kier molecular flexibility index (Phi) is 4.40. The normalized spacial score (nSPS) is 26.1. The van der Waals surface area contributed by atoms with Gasteiger partial charge in [0.05, 0.1) is 0 Å². The van der Waals surface area contributed by atoms with Gasteiger partial charge in [-0.25, -0.2) is 0 Å². The molecular weight excluding hydrogens is 252 g/mol. The molecule has 0 aromatic heterocycles. The summed E-state index contributed by atoms with van der Waals surface area (Å²) < 4.78 is 0. The largest absolute Gasteiger partial charge is 0.340 e. The Morgan fingerprint density at radius 1 is 1.15 bits per heavy atom. The minimum Gasteiger partial charge on any atom is -0.340 e. The molecular formula is C16H28N2O2. The Morgan fingerprint density at radius 3 is 2.10 bits per heavy atom. The van der Waals surface area contributed by atoms with E-state index in [1.54, 1.807) is 0 Å². The van der Waals surface area contributed by atoms with Gasteiger partial charge in [-0.2, -0.15) is 0 Å². The maximum absolute atomic E-state index is 13.1. The molecule has 0 bridgehead atoms. The van der Waals surface area contributed by atoms with Crippen molar-refractivity contribution in [2.24, 2.45) is 5.92 Å². The van der Waals surface area contributed by atoms with Gasteiger partial charge in [-0.05, 0) is 44.4 Å². The Labute approximate surface area is 122 Å². The van der Waals surface area contributed by atoms with Gasteiger partial charge in [0, 0.05) is 6.04 Å². The van der Waals surface area contributed by atoms with Crippen LogP contribution in [0.25, 0.3) is 0 Å². The molecule has 1 saturated heterocycles. The van der Waals surface area contributed by atoms with E-state index in [4.69, 9.17) is 0 Å². The second kappa shape index (κ2) is 5.74. The van der Waals surface area contributed by atoms with Gasteiger partial charge < -0.3 is 10.2 Å². The molecule has 2 fully saturated rings. The van der Waals surface area contributed by atoms with Crippen LogP contribution >= 0.6 is 0 Å². The Balaban J connectivity index is 2.37. The third-order valence-corrected chi connectivity index (χ3v) is 5.19. The molecule has 1 aliphatic carbocycles. The van der Waals surface area contributed by atoms with Crippen molar-refractivity contribution in [3.05, 3.63) is 0 Å². The summed E-state index contributed by atoms with van der Waals surface area (Å²) in [6.45, 7) is 8.20. The Hall–Kier alpha value is -1.06. The van der Waals surface area contributed by atoms with E-state index in [1.807, 2.05) is 18.7 Å². The Bertz CT molecular complexity index is 382. The monoisotopic (exact) mass is 280 g/mol. The average Bonchev–Trinajstić information content (AvgIpc) is 3.28. The van der Waals surface area contributed by atoms with E-state index in [1.165, 1.54) is 0 Å². The number of hydrogen-bond acceptors (Lipinski definition) is 2. The lowest BCUT2D eigenvalue weighted by Gasteiger charge is -2.48. The zero-order valence-electron chi connectivity index (χ0n) is 13.2. The van der Waals surface area contributed by atoms with E-state index in [9.17, 15) is 9.59 Å². The van der Waals surface area contributed by atoms with Gasteiger partial charge in [0.15, 0.2) is 0 Å². The van der Waals surface area contributed by atoms with Gasteiger partial charge in [0.25, 0.3) is 0 Å². The molecule has 2 amide bonds. The lowest BCUT2D eigenvalue weighted by molar-refractivity contribution is -0.159. The quantitative estimate of drug-likeness (QED) is 0.812. The van der Waals surface area contributed by atoms with E-state index in [2.05, 4.69) is 19.2 Å². The molecule has 1 atom stereocenters. The van der Waals surface area contributed by atoms with E-state index < -0.39 is 5.54 Å². The maximum atomic E-state index is 13.1. The van der Waals surface area contributed by atoms with Crippen molar-refractivity contribution in [2.75, 3.05) is 0 Å². The van der Waals surface area contributed by atoms with Crippen molar-refractivity contribution >= 4 is 11.8 Å². The summed E-state index contributed by atoms with van der Waals surface area (Å²) in [6, 6.07) is -0.0322. The molecule has 4 nitrogen and oxygen atoms in total. The van der Waals surface area contributed by atoms with E-state index in [0.29, 0.717) is 18.8 Å². The molecule has 0 radical (unpaired) electrons. The van der Waals surface area contributed by atoms with E-state index in [-0.39, 0.29) is 23.9 Å². The van der Waals surface area contributed by atoms with Crippen LogP contribution in [0.1, 0.15) is 66.2 Å². The van der Waals surface area contributed by atoms with Crippen LogP contribution in [0.3, 0.4) is 0 Å². The van der Waals surface area contributed by atoms with Crippen LogP contribution in [-0.4, -0.2) is 34.3 Å². The standard InChI is InChI=1S/C16H28N2O2/c1-5-12(6-2)18-13(11-9-10-11)14(19)17-16(7-3,8-4)15(18)20/h11-13H,5-10H2,1-4H3,(H,17,19). The first kappa shape index (κ1) is 15.3. The summed E-state index contributed by atoms with van der Waals surface area (Å²) in [5.74, 6) is 0.599. The van der Waals surface area contributed by atoms with Crippen molar-refractivity contribution in [1.82, 2.24) is 10.2 Å². The third kappa shape index (κ3) is 2.33. The summed E-state index contributed by atoms with van der Waals surface area (Å²) >= 11 is 0. The van der Waals surface area contributed by atoms with Crippen molar-refractivity contribution < 1.29 is 9.59 Å². The van der Waals surface area contributed by atoms with Gasteiger partial charge >= 0.3 is 0 Å². The second-order valence-electron chi connectivity index (χ2n) is 6.24. The first-order chi connectivity index (χ1) is 9.54. The van der Waals surface area contributed by atoms with Crippen molar-refractivity contribution in [3.8, 4) is 0 Å². The summed E-state index contributed by atoms with van der Waals surface area (Å²) in [5.41, 5.74) is -0.676. The highest BCUT2D eigenvalue weighted by Gasteiger charge is 2.54. The first-order valence-corrected chi connectivity index (χ1v) is 8.19. The number of rotatable bonds is 6. The molecule has 114 valence electrons. The Morgan fingerprint density at radius 2 is 1.70 bits per heavy atom. The summed E-state index contributed by atoms with van der Waals surface area (Å²) in [5, 5.41) is 3.05. The van der Waals surface area contributed by atoms with Crippen LogP contribution in [0.15, 0.2) is 0 Å². The number of amides is 2. The number of carbonyl (C=O) groups excluding carboxylic acids is 2. The predicted octanol–water partition coefficient (Wildman–Crippen LogP) is 2.47. The molecule has 1 aliphatic heterocycles. The van der Waals surface area contributed by atoms with Gasteiger partial charge in [-0.3, -0.25) is 9.59 Å². The minimum atomic E-state index is -0.676. The first-order valence-electron chi connectivity index (χ1n) is 8.19. The molecule has 4 heteroatoms. The third-order valence-electron chi connectivity index (χ3n) is 5.19. The average molecular weight is 280 g/mol. The van der Waals surface area contributed by atoms with Crippen LogP contribution in [0.5, 0.6) is 0 Å². The lowest BCUT2D eigenvalue weighted by Crippen LogP contribution is -2.72. The predicted molar refractivity (Wildman–Crippen MR) is 79.2 cm³/mol. The SMILES string of the molecule is CCC(CC)N1C(=O)C(CC)(CC)NC(=O)C1C1CC1. The molecule has 20 heavy (non-hydrogen) atoms. The second-order valence-corrected chi connectivity index (χ2v) is 6.24. The highest BCUT2D eigenvalue weighted by Crippen LogP contribution is 2.40. The molecule has 2 rings (SSSR count). The maximum Gasteiger partial charge on any atom is 0.249 e. The molecule has 2 aliphatic rings. The van der Waals surface area contributed by atoms with Crippen LogP contribution in [0, 0.1) is 5.92 Å². The molecule has 0 spiro atoms. The van der Waals surface area contributed by atoms with Gasteiger partial charge in [0.1, 0.15) is 11.6 Å². The molecule has 1 saturated carbocycles. The van der Waals surface area contributed by atoms with Crippen molar-refractivity contribution in [3.63, 3.8) is 0 Å². The number of nitrogens with one attached hydrogen (secondary N) is 1. The molecule has 1 N–H and O–H groups in total. The number of piperazine rings is 1. The lowest BCUT2D eigenvalue weighted by atomic mass is 9.84. The molecule has 1 unspecified atom stereocenters. The van der Waals surface area contributed by atoms with Crippen LogP contribution < -0.4 is 5.32 Å². The smallest absolute Gasteiger partial charge is 0.249 e. The highest BCUT2D eigenvalue weighted by molar-refractivity contribution is 6.00. The van der Waals surface area contributed by atoms with E-state index in [0.717, 1.165) is 25.7 Å². The summed E-state index contributed by atoms with van der Waals surface area (Å²) in [4.78, 5) is 27.6. The highest BCUT2D eigenvalue weighted by atomic mass is 16.2. The zero-order chi connectivity index (χ0) is 14.9. The molecule has 1 heterocycles. The fourth-order valence-corrected chi connectivity index (χ4v) is 3.52. The minimum absolute atomic E-state index is 0.0719. The number of carbonyl (C=O) groups is 2. The van der Waals surface area contributed by atoms with Crippen LogP contribution in [0.4, 0.5) is 0 Å². The molecule has 0 aromatic rings. The summed E-state index contributed by atoms with van der Waals surface area (Å²) in [6.07, 6.45) is 5.33. The fourth-order valence-electron chi connectivity index (χ4n) is 3.52.